The molecule has 182 valence electrons. The van der Waals surface area contributed by atoms with Crippen LogP contribution >= 0.6 is 12.2 Å². The van der Waals surface area contributed by atoms with Gasteiger partial charge in [0.25, 0.3) is 5.69 Å². The summed E-state index contributed by atoms with van der Waals surface area (Å²) in [6, 6.07) is 20.8. The molecule has 36 heavy (non-hydrogen) atoms. The molecule has 0 saturated carbocycles. The summed E-state index contributed by atoms with van der Waals surface area (Å²) >= 11 is 5.76. The van der Waals surface area contributed by atoms with Crippen LogP contribution in [0.3, 0.4) is 0 Å². The van der Waals surface area contributed by atoms with Crippen LogP contribution in [0.15, 0.2) is 83.4 Å². The van der Waals surface area contributed by atoms with Gasteiger partial charge in [-0.05, 0) is 54.7 Å². The molecule has 0 bridgehead atoms. The monoisotopic (exact) mass is 502 g/mol. The standard InChI is InChI=1S/C26H22N4O5S/c1-33-18-7-5-6-16(14-18)29-25(24(28-26(29)36)20-8-3-4-13-27-20)22-12-11-21(35-22)19-10-9-17(30(31)32)15-23(19)34-2/h3-15,24-25H,1-2H3,(H,28,36)/t24-,25+/m1/s1. The summed E-state index contributed by atoms with van der Waals surface area (Å²) < 4.78 is 17.2. The topological polar surface area (TPSA) is 103 Å². The Morgan fingerprint density at radius 1 is 1.06 bits per heavy atom. The molecular formula is C26H22N4O5S. The largest absolute Gasteiger partial charge is 0.497 e. The molecule has 5 rings (SSSR count). The number of thiocarbonyl (C=S) groups is 1. The Bertz CT molecular complexity index is 1420. The third-order valence-electron chi connectivity index (χ3n) is 6.01. The summed E-state index contributed by atoms with van der Waals surface area (Å²) in [6.45, 7) is 0. The minimum Gasteiger partial charge on any atom is -0.497 e. The van der Waals surface area contributed by atoms with Crippen molar-refractivity contribution in [3.63, 3.8) is 0 Å². The van der Waals surface area contributed by atoms with Gasteiger partial charge < -0.3 is 24.1 Å². The molecule has 0 unspecified atom stereocenters. The van der Waals surface area contributed by atoms with Crippen LogP contribution in [0, 0.1) is 10.1 Å². The van der Waals surface area contributed by atoms with Crippen molar-refractivity contribution in [2.24, 2.45) is 0 Å². The van der Waals surface area contributed by atoms with Gasteiger partial charge in [0, 0.05) is 24.0 Å². The highest BCUT2D eigenvalue weighted by molar-refractivity contribution is 7.80. The van der Waals surface area contributed by atoms with E-state index >= 15 is 0 Å². The molecule has 0 amide bonds. The number of nitrogens with zero attached hydrogens (tertiary/aromatic N) is 3. The van der Waals surface area contributed by atoms with Gasteiger partial charge in [-0.15, -0.1) is 0 Å². The maximum absolute atomic E-state index is 11.2. The van der Waals surface area contributed by atoms with Crippen LogP contribution in [0.2, 0.25) is 0 Å². The van der Waals surface area contributed by atoms with Gasteiger partial charge in [0.2, 0.25) is 0 Å². The van der Waals surface area contributed by atoms with E-state index in [1.54, 1.807) is 19.4 Å². The zero-order valence-corrected chi connectivity index (χ0v) is 20.3. The number of anilines is 1. The summed E-state index contributed by atoms with van der Waals surface area (Å²) in [6.07, 6.45) is 1.74. The van der Waals surface area contributed by atoms with E-state index in [4.69, 9.17) is 26.1 Å². The van der Waals surface area contributed by atoms with Gasteiger partial charge in [0.05, 0.1) is 42.5 Å². The van der Waals surface area contributed by atoms with Crippen molar-refractivity contribution in [2.75, 3.05) is 19.1 Å². The molecule has 2 aromatic carbocycles. The lowest BCUT2D eigenvalue weighted by atomic mass is 10.0. The second kappa shape index (κ2) is 9.67. The number of ether oxygens (including phenoxy) is 2. The summed E-state index contributed by atoms with van der Waals surface area (Å²) in [5, 5.41) is 15.1. The van der Waals surface area contributed by atoms with Crippen LogP contribution in [0.5, 0.6) is 11.5 Å². The Morgan fingerprint density at radius 2 is 1.92 bits per heavy atom. The predicted octanol–water partition coefficient (Wildman–Crippen LogP) is 5.44. The summed E-state index contributed by atoms with van der Waals surface area (Å²) in [5.74, 6) is 2.19. The molecule has 9 nitrogen and oxygen atoms in total. The Morgan fingerprint density at radius 3 is 2.64 bits per heavy atom. The van der Waals surface area contributed by atoms with Gasteiger partial charge >= 0.3 is 0 Å². The number of furan rings is 1. The third kappa shape index (κ3) is 4.22. The molecule has 2 atom stereocenters. The number of hydrogen-bond donors (Lipinski definition) is 1. The van der Waals surface area contributed by atoms with E-state index in [1.807, 2.05) is 59.5 Å². The second-order valence-electron chi connectivity index (χ2n) is 8.04. The number of hydrogen-bond acceptors (Lipinski definition) is 7. The first-order valence-corrected chi connectivity index (χ1v) is 11.5. The number of aromatic nitrogens is 1. The fourth-order valence-electron chi connectivity index (χ4n) is 4.34. The smallest absolute Gasteiger partial charge is 0.273 e. The van der Waals surface area contributed by atoms with Gasteiger partial charge in [-0.25, -0.2) is 0 Å². The summed E-state index contributed by atoms with van der Waals surface area (Å²) in [7, 11) is 3.08. The van der Waals surface area contributed by atoms with Gasteiger partial charge in [-0.1, -0.05) is 12.1 Å². The molecule has 1 N–H and O–H groups in total. The molecule has 2 aromatic heterocycles. The van der Waals surface area contributed by atoms with Gasteiger partial charge in [-0.2, -0.15) is 0 Å². The Balaban J connectivity index is 1.60. The minimum atomic E-state index is -0.464. The SMILES string of the molecule is COc1cccc(N2C(=S)N[C@H](c3ccccn3)[C@@H]2c2ccc(-c3ccc([N+](=O)[O-])cc3OC)o2)c1. The number of nitro benzene ring substituents is 1. The van der Waals surface area contributed by atoms with Crippen LogP contribution in [-0.2, 0) is 0 Å². The van der Waals surface area contributed by atoms with Gasteiger partial charge in [0.15, 0.2) is 5.11 Å². The Labute approximate surface area is 212 Å². The van der Waals surface area contributed by atoms with E-state index in [2.05, 4.69) is 10.3 Å². The minimum absolute atomic E-state index is 0.0628. The number of benzene rings is 2. The number of non-ortho nitro benzene ring substituents is 1. The van der Waals surface area contributed by atoms with Crippen LogP contribution in [0.4, 0.5) is 11.4 Å². The van der Waals surface area contributed by atoms with Crippen LogP contribution in [-0.4, -0.2) is 29.2 Å². The van der Waals surface area contributed by atoms with E-state index in [-0.39, 0.29) is 17.8 Å². The fraction of sp³-hybridized carbons (Fsp3) is 0.154. The molecular weight excluding hydrogens is 480 g/mol. The maximum Gasteiger partial charge on any atom is 0.273 e. The van der Waals surface area contributed by atoms with E-state index in [1.165, 1.54) is 19.2 Å². The molecule has 10 heteroatoms. The number of rotatable bonds is 7. The Hall–Kier alpha value is -4.44. The van der Waals surface area contributed by atoms with Crippen LogP contribution in [0.25, 0.3) is 11.3 Å². The third-order valence-corrected chi connectivity index (χ3v) is 6.32. The summed E-state index contributed by atoms with van der Waals surface area (Å²) in [5.41, 5.74) is 2.18. The molecule has 3 heterocycles. The highest BCUT2D eigenvalue weighted by Gasteiger charge is 2.42. The lowest BCUT2D eigenvalue weighted by molar-refractivity contribution is -0.384. The highest BCUT2D eigenvalue weighted by atomic mass is 32.1. The molecule has 0 aliphatic carbocycles. The quantitative estimate of drug-likeness (QED) is 0.201. The van der Waals surface area contributed by atoms with Crippen molar-refractivity contribution in [3.05, 3.63) is 101 Å². The van der Waals surface area contributed by atoms with E-state index < -0.39 is 4.92 Å². The zero-order chi connectivity index (χ0) is 25.2. The Kier molecular flexibility index (Phi) is 6.26. The lowest BCUT2D eigenvalue weighted by Crippen LogP contribution is -2.29. The molecule has 1 aliphatic heterocycles. The van der Waals surface area contributed by atoms with Crippen molar-refractivity contribution in [1.29, 1.82) is 0 Å². The lowest BCUT2D eigenvalue weighted by Gasteiger charge is -2.26. The van der Waals surface area contributed by atoms with Gasteiger partial charge in [-0.3, -0.25) is 15.1 Å². The number of pyridine rings is 1. The normalized spacial score (nSPS) is 17.1. The molecule has 4 aromatic rings. The number of methoxy groups -OCH3 is 2. The van der Waals surface area contributed by atoms with Crippen molar-refractivity contribution < 1.29 is 18.8 Å². The highest BCUT2D eigenvalue weighted by Crippen LogP contribution is 2.44. The second-order valence-corrected chi connectivity index (χ2v) is 8.43. The molecule has 1 fully saturated rings. The average molecular weight is 503 g/mol. The molecule has 0 radical (unpaired) electrons. The summed E-state index contributed by atoms with van der Waals surface area (Å²) in [4.78, 5) is 17.3. The first-order valence-electron chi connectivity index (χ1n) is 11.1. The van der Waals surface area contributed by atoms with Crippen molar-refractivity contribution in [2.45, 2.75) is 12.1 Å². The molecule has 1 aliphatic rings. The average Bonchev–Trinajstić information content (AvgIpc) is 3.53. The van der Waals surface area contributed by atoms with Crippen LogP contribution in [0.1, 0.15) is 23.5 Å². The van der Waals surface area contributed by atoms with Crippen molar-refractivity contribution >= 4 is 28.7 Å². The van der Waals surface area contributed by atoms with Crippen LogP contribution < -0.4 is 19.7 Å². The first-order chi connectivity index (χ1) is 17.5. The number of nitro groups is 1. The van der Waals surface area contributed by atoms with Gasteiger partial charge in [0.1, 0.15) is 29.1 Å². The fourth-order valence-corrected chi connectivity index (χ4v) is 4.68. The van der Waals surface area contributed by atoms with E-state index in [9.17, 15) is 10.1 Å². The molecule has 0 spiro atoms. The zero-order valence-electron chi connectivity index (χ0n) is 19.5. The van der Waals surface area contributed by atoms with Crippen molar-refractivity contribution in [3.8, 4) is 22.8 Å². The van der Waals surface area contributed by atoms with E-state index in [0.29, 0.717) is 33.7 Å². The predicted molar refractivity (Wildman–Crippen MR) is 138 cm³/mol. The first kappa shape index (κ1) is 23.3. The molecule has 1 saturated heterocycles. The van der Waals surface area contributed by atoms with Crippen molar-refractivity contribution in [1.82, 2.24) is 10.3 Å². The number of nitrogens with one attached hydrogen (secondary N) is 1. The van der Waals surface area contributed by atoms with E-state index in [0.717, 1.165) is 11.4 Å². The maximum atomic E-state index is 11.2.